The van der Waals surface area contributed by atoms with Crippen LogP contribution in [0.5, 0.6) is 0 Å². The quantitative estimate of drug-likeness (QED) is 0.608. The number of halogens is 3. The molecule has 4 rings (SSSR count). The summed E-state index contributed by atoms with van der Waals surface area (Å²) >= 11 is 1.57. The van der Waals surface area contributed by atoms with Gasteiger partial charge in [-0.2, -0.15) is 18.3 Å². The number of aryl methyl sites for hydroxylation is 1. The summed E-state index contributed by atoms with van der Waals surface area (Å²) < 4.78 is 40.4. The summed E-state index contributed by atoms with van der Waals surface area (Å²) in [7, 11) is 0. The number of anilines is 1. The minimum atomic E-state index is -4.56. The number of hydrogen-bond donors (Lipinski definition) is 1. The van der Waals surface area contributed by atoms with E-state index in [1.165, 1.54) is 0 Å². The molecule has 0 saturated carbocycles. The van der Waals surface area contributed by atoms with Crippen LogP contribution in [0.15, 0.2) is 70.9 Å². The molecule has 1 unspecified atom stereocenters. The monoisotopic (exact) mass is 415 g/mol. The zero-order valence-corrected chi connectivity index (χ0v) is 16.9. The van der Waals surface area contributed by atoms with Crippen LogP contribution in [-0.2, 0) is 0 Å². The lowest BCUT2D eigenvalue weighted by Crippen LogP contribution is -2.28. The van der Waals surface area contributed by atoms with Crippen LogP contribution in [0.2, 0.25) is 0 Å². The normalized spacial score (nSPS) is 19.2. The molecular formula is C22H20F3N3S. The molecule has 3 heterocycles. The molecule has 0 radical (unpaired) electrons. The first-order valence-corrected chi connectivity index (χ1v) is 9.99. The Morgan fingerprint density at radius 2 is 1.90 bits per heavy atom. The number of nitrogens with zero attached hydrogens (tertiary/aromatic N) is 2. The Kier molecular flexibility index (Phi) is 4.65. The van der Waals surface area contributed by atoms with Gasteiger partial charge in [0.25, 0.3) is 0 Å². The van der Waals surface area contributed by atoms with Gasteiger partial charge in [0.15, 0.2) is 0 Å². The molecule has 1 aromatic carbocycles. The Labute approximate surface area is 171 Å². The molecule has 150 valence electrons. The summed E-state index contributed by atoms with van der Waals surface area (Å²) in [6, 6.07) is 8.91. The molecule has 1 aromatic heterocycles. The van der Waals surface area contributed by atoms with E-state index in [1.807, 2.05) is 49.6 Å². The molecule has 0 spiro atoms. The third-order valence-corrected chi connectivity index (χ3v) is 6.11. The SMILES string of the molecule is C=C1Nc2sccc2C(C)=C1C1=NN(C(=C)C(F)(F)F)C(c2ccc(C)cc2)C1. The lowest BCUT2D eigenvalue weighted by Gasteiger charge is -2.26. The number of nitrogens with one attached hydrogen (secondary N) is 1. The van der Waals surface area contributed by atoms with E-state index < -0.39 is 17.9 Å². The van der Waals surface area contributed by atoms with Crippen molar-refractivity contribution < 1.29 is 13.2 Å². The lowest BCUT2D eigenvalue weighted by atomic mass is 9.90. The molecule has 0 saturated heterocycles. The maximum Gasteiger partial charge on any atom is 0.432 e. The van der Waals surface area contributed by atoms with Gasteiger partial charge in [0, 0.05) is 23.3 Å². The van der Waals surface area contributed by atoms with Crippen LogP contribution in [0, 0.1) is 6.92 Å². The van der Waals surface area contributed by atoms with E-state index >= 15 is 0 Å². The first-order chi connectivity index (χ1) is 13.7. The highest BCUT2D eigenvalue weighted by molar-refractivity contribution is 7.14. The minimum absolute atomic E-state index is 0.338. The number of hydrazone groups is 1. The molecule has 29 heavy (non-hydrogen) atoms. The van der Waals surface area contributed by atoms with Gasteiger partial charge >= 0.3 is 6.18 Å². The number of allylic oxidation sites excluding steroid dienone is 3. The summed E-state index contributed by atoms with van der Waals surface area (Å²) in [5.41, 5.74) is 4.83. The zero-order valence-electron chi connectivity index (χ0n) is 16.1. The van der Waals surface area contributed by atoms with Gasteiger partial charge in [-0.1, -0.05) is 43.0 Å². The highest BCUT2D eigenvalue weighted by Crippen LogP contribution is 2.44. The number of benzene rings is 1. The predicted octanol–water partition coefficient (Wildman–Crippen LogP) is 6.65. The van der Waals surface area contributed by atoms with Crippen molar-refractivity contribution in [2.45, 2.75) is 32.5 Å². The fraction of sp³-hybridized carbons (Fsp3) is 0.227. The molecule has 0 bridgehead atoms. The van der Waals surface area contributed by atoms with Gasteiger partial charge in [-0.25, -0.2) is 0 Å². The smallest absolute Gasteiger partial charge is 0.347 e. The van der Waals surface area contributed by atoms with Gasteiger partial charge in [-0.3, -0.25) is 5.01 Å². The van der Waals surface area contributed by atoms with Crippen molar-refractivity contribution in [3.05, 3.63) is 82.5 Å². The average molecular weight is 415 g/mol. The van der Waals surface area contributed by atoms with E-state index in [0.717, 1.165) is 37.8 Å². The van der Waals surface area contributed by atoms with E-state index in [9.17, 15) is 13.2 Å². The number of rotatable bonds is 3. The van der Waals surface area contributed by atoms with Gasteiger partial charge in [0.05, 0.1) is 11.8 Å². The minimum Gasteiger partial charge on any atom is -0.347 e. The van der Waals surface area contributed by atoms with Gasteiger partial charge < -0.3 is 5.32 Å². The molecule has 0 aliphatic carbocycles. The Balaban J connectivity index is 1.79. The molecule has 2 aromatic rings. The predicted molar refractivity (Wildman–Crippen MR) is 113 cm³/mol. The second-order valence-electron chi connectivity index (χ2n) is 7.23. The molecule has 2 aliphatic heterocycles. The molecular weight excluding hydrogens is 395 g/mol. The van der Waals surface area contributed by atoms with Crippen molar-refractivity contribution in [2.75, 3.05) is 5.32 Å². The maximum absolute atomic E-state index is 13.5. The van der Waals surface area contributed by atoms with Crippen molar-refractivity contribution in [1.82, 2.24) is 5.01 Å². The number of fused-ring (bicyclic) bond motifs is 1. The summed E-state index contributed by atoms with van der Waals surface area (Å²) in [4.78, 5) is 0. The van der Waals surface area contributed by atoms with Crippen molar-refractivity contribution in [3.63, 3.8) is 0 Å². The molecule has 0 fully saturated rings. The van der Waals surface area contributed by atoms with Crippen LogP contribution in [0.3, 0.4) is 0 Å². The van der Waals surface area contributed by atoms with E-state index in [-0.39, 0.29) is 0 Å². The lowest BCUT2D eigenvalue weighted by molar-refractivity contribution is -0.113. The number of alkyl halides is 3. The third kappa shape index (κ3) is 3.40. The molecule has 3 nitrogen and oxygen atoms in total. The van der Waals surface area contributed by atoms with Crippen molar-refractivity contribution in [1.29, 1.82) is 0 Å². The van der Waals surface area contributed by atoms with Crippen molar-refractivity contribution in [3.8, 4) is 0 Å². The van der Waals surface area contributed by atoms with Gasteiger partial charge in [0.2, 0.25) is 0 Å². The first-order valence-electron chi connectivity index (χ1n) is 9.11. The second kappa shape index (κ2) is 6.91. The van der Waals surface area contributed by atoms with Crippen LogP contribution in [0.25, 0.3) is 5.57 Å². The topological polar surface area (TPSA) is 27.6 Å². The first kappa shape index (κ1) is 19.5. The average Bonchev–Trinajstić information content (AvgIpc) is 3.28. The van der Waals surface area contributed by atoms with Crippen LogP contribution in [-0.4, -0.2) is 16.9 Å². The molecule has 1 atom stereocenters. The van der Waals surface area contributed by atoms with Crippen LogP contribution in [0.1, 0.15) is 36.1 Å². The number of thiophene rings is 1. The standard InChI is InChI=1S/C22H20F3N3S/c1-12-5-7-16(8-6-12)19-11-18(27-28(19)15(4)22(23,24)25)20-13(2)17-9-10-29-21(17)26-14(20)3/h5-10,19,26H,3-4,11H2,1-2H3. The van der Waals surface area contributed by atoms with Crippen molar-refractivity contribution >= 4 is 27.6 Å². The molecule has 0 amide bonds. The third-order valence-electron chi connectivity index (χ3n) is 5.28. The molecule has 1 N–H and O–H groups in total. The van der Waals surface area contributed by atoms with Crippen molar-refractivity contribution in [2.24, 2.45) is 5.10 Å². The van der Waals surface area contributed by atoms with Crippen LogP contribution in [0.4, 0.5) is 18.2 Å². The highest BCUT2D eigenvalue weighted by atomic mass is 32.1. The summed E-state index contributed by atoms with van der Waals surface area (Å²) in [6.07, 6.45) is -4.22. The second-order valence-corrected chi connectivity index (χ2v) is 8.15. The highest BCUT2D eigenvalue weighted by Gasteiger charge is 2.43. The summed E-state index contributed by atoms with van der Waals surface area (Å²) in [5.74, 6) is 0. The maximum atomic E-state index is 13.5. The Hall–Kier alpha value is -2.80. The van der Waals surface area contributed by atoms with Crippen LogP contribution >= 0.6 is 11.3 Å². The van der Waals surface area contributed by atoms with E-state index in [1.54, 1.807) is 11.3 Å². The van der Waals surface area contributed by atoms with Crippen LogP contribution < -0.4 is 5.32 Å². The largest absolute Gasteiger partial charge is 0.432 e. The summed E-state index contributed by atoms with van der Waals surface area (Å²) in [6.45, 7) is 11.3. The Bertz CT molecular complexity index is 1060. The van der Waals surface area contributed by atoms with Gasteiger partial charge in [0.1, 0.15) is 10.7 Å². The summed E-state index contributed by atoms with van der Waals surface area (Å²) in [5, 5.41) is 11.6. The Morgan fingerprint density at radius 3 is 2.55 bits per heavy atom. The fourth-order valence-corrected chi connectivity index (χ4v) is 4.61. The van der Waals surface area contributed by atoms with Gasteiger partial charge in [-0.05, 0) is 36.4 Å². The zero-order chi connectivity index (χ0) is 20.9. The Morgan fingerprint density at radius 1 is 1.21 bits per heavy atom. The van der Waals surface area contributed by atoms with E-state index in [4.69, 9.17) is 0 Å². The van der Waals surface area contributed by atoms with E-state index in [2.05, 4.69) is 23.6 Å². The van der Waals surface area contributed by atoms with E-state index in [0.29, 0.717) is 17.8 Å². The molecule has 7 heteroatoms. The number of hydrogen-bond acceptors (Lipinski definition) is 4. The molecule has 2 aliphatic rings. The fourth-order valence-electron chi connectivity index (χ4n) is 3.74. The van der Waals surface area contributed by atoms with Gasteiger partial charge in [-0.15, -0.1) is 11.3 Å².